The Balaban J connectivity index is 2.41. The first kappa shape index (κ1) is 10.2. The predicted molar refractivity (Wildman–Crippen MR) is 58.2 cm³/mol. The van der Waals surface area contributed by atoms with Crippen molar-refractivity contribution in [3.05, 3.63) is 34.9 Å². The summed E-state index contributed by atoms with van der Waals surface area (Å²) < 4.78 is 0. The third kappa shape index (κ3) is 1.90. The highest BCUT2D eigenvalue weighted by atomic mass is 32.2. The largest absolute Gasteiger partial charge is 0.480 e. The topological polar surface area (TPSA) is 54.4 Å². The van der Waals surface area contributed by atoms with Crippen molar-refractivity contribution in [3.63, 3.8) is 0 Å². The van der Waals surface area contributed by atoms with Gasteiger partial charge < -0.3 is 5.11 Å². The molecule has 0 saturated carbocycles. The Morgan fingerprint density at radius 2 is 2.27 bits per heavy atom. The summed E-state index contributed by atoms with van der Waals surface area (Å²) in [6.07, 6.45) is 0.433. The van der Waals surface area contributed by atoms with Gasteiger partial charge in [-0.1, -0.05) is 29.5 Å². The van der Waals surface area contributed by atoms with Gasteiger partial charge in [0.2, 0.25) is 5.12 Å². The lowest BCUT2D eigenvalue weighted by Crippen LogP contribution is -2.26. The molecule has 0 radical (unpaired) electrons. The molecule has 78 valence electrons. The van der Waals surface area contributed by atoms with E-state index < -0.39 is 11.2 Å². The van der Waals surface area contributed by atoms with Crippen LogP contribution in [0.3, 0.4) is 0 Å². The lowest BCUT2D eigenvalue weighted by atomic mass is 10.0. The first-order valence-electron chi connectivity index (χ1n) is 4.61. The Morgan fingerprint density at radius 3 is 2.93 bits per heavy atom. The standard InChI is InChI=1S/C11H10O3S/c1-6-2-3-8-7(4-6)5-9(10(12)13)15-11(8)14/h2-4,9H,5H2,1H3,(H,12,13). The van der Waals surface area contributed by atoms with Crippen LogP contribution in [-0.4, -0.2) is 21.4 Å². The van der Waals surface area contributed by atoms with Gasteiger partial charge in [-0.15, -0.1) is 0 Å². The van der Waals surface area contributed by atoms with E-state index in [1.807, 2.05) is 19.1 Å². The molecule has 4 heteroatoms. The Labute approximate surface area is 91.5 Å². The second-order valence-electron chi connectivity index (χ2n) is 3.60. The normalized spacial score (nSPS) is 19.8. The molecule has 1 atom stereocenters. The van der Waals surface area contributed by atoms with E-state index in [0.717, 1.165) is 22.9 Å². The van der Waals surface area contributed by atoms with Crippen LogP contribution in [0.5, 0.6) is 0 Å². The number of carboxylic acid groups (broad SMARTS) is 1. The number of carbonyl (C=O) groups is 2. The minimum absolute atomic E-state index is 0.136. The summed E-state index contributed by atoms with van der Waals surface area (Å²) >= 11 is 0.905. The number of thioether (sulfide) groups is 1. The second-order valence-corrected chi connectivity index (χ2v) is 4.77. The molecule has 1 aromatic carbocycles. The van der Waals surface area contributed by atoms with Gasteiger partial charge in [-0.2, -0.15) is 0 Å². The van der Waals surface area contributed by atoms with Crippen molar-refractivity contribution in [2.45, 2.75) is 18.6 Å². The smallest absolute Gasteiger partial charge is 0.317 e. The minimum Gasteiger partial charge on any atom is -0.480 e. The molecule has 1 heterocycles. The van der Waals surface area contributed by atoms with Crippen LogP contribution in [0.2, 0.25) is 0 Å². The van der Waals surface area contributed by atoms with E-state index in [2.05, 4.69) is 0 Å². The Morgan fingerprint density at radius 1 is 1.53 bits per heavy atom. The fraction of sp³-hybridized carbons (Fsp3) is 0.273. The molecule has 1 unspecified atom stereocenters. The zero-order valence-corrected chi connectivity index (χ0v) is 9.00. The van der Waals surface area contributed by atoms with Crippen molar-refractivity contribution in [1.29, 1.82) is 0 Å². The SMILES string of the molecule is Cc1ccc2c(c1)CC(C(=O)O)SC2=O. The van der Waals surface area contributed by atoms with Crippen molar-refractivity contribution < 1.29 is 14.7 Å². The number of aryl methyl sites for hydroxylation is 1. The minimum atomic E-state index is -0.916. The van der Waals surface area contributed by atoms with Crippen LogP contribution in [-0.2, 0) is 11.2 Å². The van der Waals surface area contributed by atoms with Crippen molar-refractivity contribution >= 4 is 22.8 Å². The molecular weight excluding hydrogens is 212 g/mol. The summed E-state index contributed by atoms with van der Waals surface area (Å²) in [6, 6.07) is 5.54. The predicted octanol–water partition coefficient (Wildman–Crippen LogP) is 1.88. The molecule has 1 aromatic rings. The van der Waals surface area contributed by atoms with Crippen LogP contribution in [0.25, 0.3) is 0 Å². The van der Waals surface area contributed by atoms with Gasteiger partial charge in [-0.05, 0) is 25.0 Å². The first-order valence-corrected chi connectivity index (χ1v) is 5.49. The van der Waals surface area contributed by atoms with Crippen LogP contribution in [0.4, 0.5) is 0 Å². The highest BCUT2D eigenvalue weighted by molar-refractivity contribution is 8.15. The second kappa shape index (κ2) is 3.70. The van der Waals surface area contributed by atoms with Gasteiger partial charge in [0, 0.05) is 5.56 Å². The van der Waals surface area contributed by atoms with E-state index in [-0.39, 0.29) is 5.12 Å². The van der Waals surface area contributed by atoms with Gasteiger partial charge >= 0.3 is 5.97 Å². The van der Waals surface area contributed by atoms with Crippen LogP contribution < -0.4 is 0 Å². The maximum atomic E-state index is 11.6. The fourth-order valence-corrected chi connectivity index (χ4v) is 2.61. The summed E-state index contributed by atoms with van der Waals surface area (Å²) in [5, 5.41) is 8.11. The molecule has 0 amide bonds. The van der Waals surface area contributed by atoms with E-state index in [1.54, 1.807) is 6.07 Å². The summed E-state index contributed by atoms with van der Waals surface area (Å²) in [7, 11) is 0. The Kier molecular flexibility index (Phi) is 2.52. The molecule has 1 aliphatic heterocycles. The summed E-state index contributed by atoms with van der Waals surface area (Å²) in [5.41, 5.74) is 2.56. The van der Waals surface area contributed by atoms with Crippen molar-refractivity contribution in [2.75, 3.05) is 0 Å². The number of rotatable bonds is 1. The highest BCUT2D eigenvalue weighted by Gasteiger charge is 2.30. The number of aliphatic carboxylic acids is 1. The molecule has 0 fully saturated rings. The molecule has 0 aliphatic carbocycles. The fourth-order valence-electron chi connectivity index (χ4n) is 1.66. The van der Waals surface area contributed by atoms with Gasteiger partial charge in [-0.3, -0.25) is 9.59 Å². The zero-order valence-electron chi connectivity index (χ0n) is 8.19. The molecule has 0 spiro atoms. The lowest BCUT2D eigenvalue weighted by molar-refractivity contribution is -0.136. The number of carbonyl (C=O) groups excluding carboxylic acids is 1. The lowest BCUT2D eigenvalue weighted by Gasteiger charge is -2.19. The average Bonchev–Trinajstić information content (AvgIpc) is 2.16. The molecule has 0 aromatic heterocycles. The van der Waals surface area contributed by atoms with Gasteiger partial charge in [0.05, 0.1) is 0 Å². The quantitative estimate of drug-likeness (QED) is 0.788. The zero-order chi connectivity index (χ0) is 11.0. The maximum Gasteiger partial charge on any atom is 0.317 e. The van der Waals surface area contributed by atoms with E-state index in [9.17, 15) is 9.59 Å². The van der Waals surface area contributed by atoms with Crippen LogP contribution in [0, 0.1) is 6.92 Å². The maximum absolute atomic E-state index is 11.6. The van der Waals surface area contributed by atoms with Crippen molar-refractivity contribution in [3.8, 4) is 0 Å². The molecule has 3 nitrogen and oxygen atoms in total. The first-order chi connectivity index (χ1) is 7.08. The van der Waals surface area contributed by atoms with Crippen LogP contribution in [0.15, 0.2) is 18.2 Å². The molecule has 2 rings (SSSR count). The Bertz CT molecular complexity index is 439. The molecule has 0 bridgehead atoms. The average molecular weight is 222 g/mol. The summed E-state index contributed by atoms with van der Waals surface area (Å²) in [6.45, 7) is 1.93. The van der Waals surface area contributed by atoms with E-state index in [1.165, 1.54) is 0 Å². The van der Waals surface area contributed by atoms with Gasteiger partial charge in [0.25, 0.3) is 0 Å². The van der Waals surface area contributed by atoms with E-state index >= 15 is 0 Å². The van der Waals surface area contributed by atoms with Crippen molar-refractivity contribution in [1.82, 2.24) is 0 Å². The monoisotopic (exact) mass is 222 g/mol. The Hall–Kier alpha value is -1.29. The number of benzene rings is 1. The van der Waals surface area contributed by atoms with Gasteiger partial charge in [0.1, 0.15) is 5.25 Å². The summed E-state index contributed by atoms with van der Waals surface area (Å²) in [4.78, 5) is 22.4. The number of carboxylic acids is 1. The third-order valence-corrected chi connectivity index (χ3v) is 3.50. The van der Waals surface area contributed by atoms with E-state index in [4.69, 9.17) is 5.11 Å². The van der Waals surface area contributed by atoms with E-state index in [0.29, 0.717) is 12.0 Å². The van der Waals surface area contributed by atoms with Crippen LogP contribution in [0.1, 0.15) is 21.5 Å². The third-order valence-electron chi connectivity index (χ3n) is 2.41. The molecular formula is C11H10O3S. The van der Waals surface area contributed by atoms with Crippen LogP contribution >= 0.6 is 11.8 Å². The van der Waals surface area contributed by atoms with Crippen molar-refractivity contribution in [2.24, 2.45) is 0 Å². The number of hydrogen-bond donors (Lipinski definition) is 1. The van der Waals surface area contributed by atoms with Gasteiger partial charge in [-0.25, -0.2) is 0 Å². The molecule has 1 N–H and O–H groups in total. The van der Waals surface area contributed by atoms with Gasteiger partial charge in [0.15, 0.2) is 0 Å². The molecule has 1 aliphatic rings. The number of hydrogen-bond acceptors (Lipinski definition) is 3. The highest BCUT2D eigenvalue weighted by Crippen LogP contribution is 2.30. The number of fused-ring (bicyclic) bond motifs is 1. The molecule has 0 saturated heterocycles. The molecule has 15 heavy (non-hydrogen) atoms. The summed E-state index contributed by atoms with van der Waals surface area (Å²) in [5.74, 6) is -0.916.